The first-order valence-electron chi connectivity index (χ1n) is 6.01. The highest BCUT2D eigenvalue weighted by Gasteiger charge is 2.07. The molecule has 0 saturated heterocycles. The molecule has 19 heavy (non-hydrogen) atoms. The summed E-state index contributed by atoms with van der Waals surface area (Å²) in [6.45, 7) is 1.91. The lowest BCUT2D eigenvalue weighted by atomic mass is 10.1. The van der Waals surface area contributed by atoms with Gasteiger partial charge in [-0.2, -0.15) is 0 Å². The van der Waals surface area contributed by atoms with Crippen molar-refractivity contribution in [1.82, 2.24) is 0 Å². The van der Waals surface area contributed by atoms with Crippen molar-refractivity contribution in [2.24, 2.45) is 0 Å². The van der Waals surface area contributed by atoms with Crippen LogP contribution in [0.2, 0.25) is 0 Å². The quantitative estimate of drug-likeness (QED) is 0.873. The molecule has 1 atom stereocenters. The number of aliphatic hydroxyl groups is 1. The van der Waals surface area contributed by atoms with Crippen LogP contribution in [0.15, 0.2) is 46.9 Å². The van der Waals surface area contributed by atoms with E-state index >= 15 is 0 Å². The molecule has 0 unspecified atom stereocenters. The van der Waals surface area contributed by atoms with Crippen molar-refractivity contribution in [2.45, 2.75) is 19.4 Å². The van der Waals surface area contributed by atoms with Crippen LogP contribution in [-0.4, -0.2) is 5.11 Å². The Bertz CT molecular complexity index is 555. The third kappa shape index (κ3) is 3.55. The van der Waals surface area contributed by atoms with Crippen molar-refractivity contribution in [3.8, 4) is 11.5 Å². The molecule has 0 saturated carbocycles. The summed E-state index contributed by atoms with van der Waals surface area (Å²) < 4.78 is 19.7. The zero-order valence-corrected chi connectivity index (χ0v) is 12.0. The molecule has 0 aromatic heterocycles. The molecule has 0 aliphatic rings. The highest BCUT2D eigenvalue weighted by atomic mass is 79.9. The fourth-order valence-electron chi connectivity index (χ4n) is 1.68. The highest BCUT2D eigenvalue weighted by Crippen LogP contribution is 2.28. The van der Waals surface area contributed by atoms with Gasteiger partial charge in [0.25, 0.3) is 0 Å². The van der Waals surface area contributed by atoms with E-state index in [2.05, 4.69) is 15.9 Å². The van der Waals surface area contributed by atoms with E-state index < -0.39 is 11.9 Å². The Hall–Kier alpha value is -1.39. The van der Waals surface area contributed by atoms with Crippen molar-refractivity contribution in [3.05, 3.63) is 58.3 Å². The van der Waals surface area contributed by atoms with Crippen molar-refractivity contribution >= 4 is 15.9 Å². The molecular weight excluding hydrogens is 311 g/mol. The molecule has 0 spiro atoms. The van der Waals surface area contributed by atoms with E-state index in [-0.39, 0.29) is 5.75 Å². The molecule has 2 nitrogen and oxygen atoms in total. The Morgan fingerprint density at radius 3 is 2.47 bits per heavy atom. The van der Waals surface area contributed by atoms with Gasteiger partial charge in [0.15, 0.2) is 11.6 Å². The van der Waals surface area contributed by atoms with Crippen molar-refractivity contribution in [1.29, 1.82) is 0 Å². The normalized spacial score (nSPS) is 12.2. The second-order valence-corrected chi connectivity index (χ2v) is 5.09. The van der Waals surface area contributed by atoms with E-state index in [0.29, 0.717) is 16.6 Å². The van der Waals surface area contributed by atoms with Crippen LogP contribution in [0.3, 0.4) is 0 Å². The molecular formula is C15H14BrFO2. The van der Waals surface area contributed by atoms with E-state index in [1.807, 2.05) is 6.92 Å². The van der Waals surface area contributed by atoms with Crippen molar-refractivity contribution in [2.75, 3.05) is 0 Å². The lowest BCUT2D eigenvalue weighted by molar-refractivity contribution is 0.173. The summed E-state index contributed by atoms with van der Waals surface area (Å²) in [6.07, 6.45) is 0.181. The van der Waals surface area contributed by atoms with Crippen LogP contribution in [0.1, 0.15) is 25.0 Å². The third-order valence-electron chi connectivity index (χ3n) is 2.77. The number of benzene rings is 2. The molecule has 2 aromatic rings. The number of ether oxygens (including phenoxy) is 1. The van der Waals surface area contributed by atoms with E-state index in [1.165, 1.54) is 6.07 Å². The van der Waals surface area contributed by atoms with Crippen LogP contribution in [0.5, 0.6) is 11.5 Å². The van der Waals surface area contributed by atoms with Gasteiger partial charge >= 0.3 is 0 Å². The summed E-state index contributed by atoms with van der Waals surface area (Å²) in [5.74, 6) is 0.285. The van der Waals surface area contributed by atoms with Gasteiger partial charge in [0, 0.05) is 4.47 Å². The van der Waals surface area contributed by atoms with Gasteiger partial charge < -0.3 is 9.84 Å². The lowest BCUT2D eigenvalue weighted by Crippen LogP contribution is -1.95. The van der Waals surface area contributed by atoms with E-state index in [4.69, 9.17) is 4.74 Å². The topological polar surface area (TPSA) is 29.5 Å². The van der Waals surface area contributed by atoms with Gasteiger partial charge in [-0.1, -0.05) is 35.0 Å². The van der Waals surface area contributed by atoms with Gasteiger partial charge in [0.1, 0.15) is 5.75 Å². The molecule has 0 bridgehead atoms. The Kier molecular flexibility index (Phi) is 4.56. The number of hydrogen-bond donors (Lipinski definition) is 1. The smallest absolute Gasteiger partial charge is 0.166 e. The molecule has 0 fully saturated rings. The van der Waals surface area contributed by atoms with Gasteiger partial charge in [-0.05, 0) is 42.3 Å². The van der Waals surface area contributed by atoms with Crippen LogP contribution in [-0.2, 0) is 0 Å². The summed E-state index contributed by atoms with van der Waals surface area (Å²) in [6, 6.07) is 11.6. The summed E-state index contributed by atoms with van der Waals surface area (Å²) in [4.78, 5) is 0. The average molecular weight is 325 g/mol. The first kappa shape index (κ1) is 14.0. The summed E-state index contributed by atoms with van der Waals surface area (Å²) in [7, 11) is 0. The lowest BCUT2D eigenvalue weighted by Gasteiger charge is -2.10. The zero-order valence-electron chi connectivity index (χ0n) is 10.4. The minimum Gasteiger partial charge on any atom is -0.454 e. The first-order valence-corrected chi connectivity index (χ1v) is 6.80. The van der Waals surface area contributed by atoms with Gasteiger partial charge in [-0.15, -0.1) is 0 Å². The SMILES string of the molecule is CC[C@H](O)c1ccc(Oc2ccc(Br)cc2F)cc1. The summed E-state index contributed by atoms with van der Waals surface area (Å²) >= 11 is 3.19. The van der Waals surface area contributed by atoms with Crippen LogP contribution in [0.25, 0.3) is 0 Å². The average Bonchev–Trinajstić information content (AvgIpc) is 2.42. The molecule has 2 aromatic carbocycles. The van der Waals surface area contributed by atoms with Gasteiger partial charge in [0.2, 0.25) is 0 Å². The predicted molar refractivity (Wildman–Crippen MR) is 75.9 cm³/mol. The molecule has 0 aliphatic carbocycles. The van der Waals surface area contributed by atoms with Crippen molar-refractivity contribution < 1.29 is 14.2 Å². The van der Waals surface area contributed by atoms with Gasteiger partial charge in [-0.3, -0.25) is 0 Å². The van der Waals surface area contributed by atoms with E-state index in [0.717, 1.165) is 5.56 Å². The maximum absolute atomic E-state index is 13.6. The van der Waals surface area contributed by atoms with Crippen LogP contribution < -0.4 is 4.74 Å². The Morgan fingerprint density at radius 1 is 1.21 bits per heavy atom. The third-order valence-corrected chi connectivity index (χ3v) is 3.27. The maximum Gasteiger partial charge on any atom is 0.166 e. The van der Waals surface area contributed by atoms with E-state index in [9.17, 15) is 9.50 Å². The largest absolute Gasteiger partial charge is 0.454 e. The summed E-state index contributed by atoms with van der Waals surface area (Å²) in [5.41, 5.74) is 0.825. The second-order valence-electron chi connectivity index (χ2n) is 4.17. The van der Waals surface area contributed by atoms with Crippen LogP contribution in [0, 0.1) is 5.82 Å². The number of halogens is 2. The molecule has 4 heteroatoms. The Morgan fingerprint density at radius 2 is 1.89 bits per heavy atom. The molecule has 1 N–H and O–H groups in total. The monoisotopic (exact) mass is 324 g/mol. The first-order chi connectivity index (χ1) is 9.10. The zero-order chi connectivity index (χ0) is 13.8. The summed E-state index contributed by atoms with van der Waals surface area (Å²) in [5, 5.41) is 9.68. The fraction of sp³-hybridized carbons (Fsp3) is 0.200. The molecule has 0 aliphatic heterocycles. The molecule has 100 valence electrons. The molecule has 0 radical (unpaired) electrons. The van der Waals surface area contributed by atoms with Crippen LogP contribution in [0.4, 0.5) is 4.39 Å². The fourth-order valence-corrected chi connectivity index (χ4v) is 2.01. The molecule has 0 amide bonds. The van der Waals surface area contributed by atoms with Gasteiger partial charge in [0.05, 0.1) is 6.10 Å². The minimum absolute atomic E-state index is 0.173. The van der Waals surface area contributed by atoms with E-state index in [1.54, 1.807) is 36.4 Å². The van der Waals surface area contributed by atoms with Crippen molar-refractivity contribution in [3.63, 3.8) is 0 Å². The standard InChI is InChI=1S/C15H14BrFO2/c1-2-14(18)10-3-6-12(7-4-10)19-15-8-5-11(16)9-13(15)17/h3-9,14,18H,2H2,1H3/t14-/m0/s1. The maximum atomic E-state index is 13.6. The minimum atomic E-state index is -0.474. The molecule has 0 heterocycles. The molecule has 2 rings (SSSR count). The van der Waals surface area contributed by atoms with Gasteiger partial charge in [-0.25, -0.2) is 4.39 Å². The predicted octanol–water partition coefficient (Wildman–Crippen LogP) is 4.82. The number of hydrogen-bond acceptors (Lipinski definition) is 2. The number of aliphatic hydroxyl groups excluding tert-OH is 1. The van der Waals surface area contributed by atoms with Crippen LogP contribution >= 0.6 is 15.9 Å². The Labute approximate surface area is 120 Å². The highest BCUT2D eigenvalue weighted by molar-refractivity contribution is 9.10. The second kappa shape index (κ2) is 6.17. The Balaban J connectivity index is 2.15. The number of rotatable bonds is 4.